The van der Waals surface area contributed by atoms with Crippen LogP contribution in [-0.4, -0.2) is 27.9 Å². The molecule has 19 heavy (non-hydrogen) atoms. The van der Waals surface area contributed by atoms with Gasteiger partial charge in [0.15, 0.2) is 4.84 Å². The molecule has 1 fully saturated rings. The van der Waals surface area contributed by atoms with E-state index in [1.54, 1.807) is 16.7 Å². The molecule has 0 aromatic heterocycles. The number of rotatable bonds is 3. The number of amides is 1. The van der Waals surface area contributed by atoms with Gasteiger partial charge in [-0.15, -0.1) is 11.8 Å². The van der Waals surface area contributed by atoms with Crippen LogP contribution in [0.4, 0.5) is 0 Å². The molecule has 0 bridgehead atoms. The summed E-state index contributed by atoms with van der Waals surface area (Å²) < 4.78 is 0. The Morgan fingerprint density at radius 1 is 1.32 bits per heavy atom. The molecule has 0 radical (unpaired) electrons. The highest BCUT2D eigenvalue weighted by atomic mass is 35.5. The standard InChI is InChI=1S/C14H17Cl2NOS/c1-9(2)10-3-5-11(6-4-10)14-17(7-8-19-14)13(18)12(15)16/h3-6,9,12,14H,7-8H2,1-2H3. The van der Waals surface area contributed by atoms with Gasteiger partial charge in [-0.1, -0.05) is 61.3 Å². The fourth-order valence-electron chi connectivity index (χ4n) is 2.14. The van der Waals surface area contributed by atoms with Gasteiger partial charge < -0.3 is 4.90 Å². The van der Waals surface area contributed by atoms with Gasteiger partial charge in [-0.2, -0.15) is 0 Å². The normalized spacial score (nSPS) is 19.5. The highest BCUT2D eigenvalue weighted by Gasteiger charge is 2.33. The van der Waals surface area contributed by atoms with Crippen molar-refractivity contribution < 1.29 is 4.79 Å². The van der Waals surface area contributed by atoms with Crippen LogP contribution in [0.25, 0.3) is 0 Å². The first-order valence-electron chi connectivity index (χ1n) is 6.31. The van der Waals surface area contributed by atoms with Crippen LogP contribution >= 0.6 is 35.0 Å². The number of halogens is 2. The smallest absolute Gasteiger partial charge is 0.257 e. The second kappa shape index (κ2) is 6.38. The Morgan fingerprint density at radius 2 is 1.95 bits per heavy atom. The summed E-state index contributed by atoms with van der Waals surface area (Å²) in [4.78, 5) is 12.7. The van der Waals surface area contributed by atoms with Crippen molar-refractivity contribution in [1.29, 1.82) is 0 Å². The van der Waals surface area contributed by atoms with Crippen LogP contribution in [0, 0.1) is 0 Å². The van der Waals surface area contributed by atoms with E-state index in [1.807, 2.05) is 0 Å². The zero-order valence-electron chi connectivity index (χ0n) is 11.0. The van der Waals surface area contributed by atoms with Crippen molar-refractivity contribution in [2.75, 3.05) is 12.3 Å². The Labute approximate surface area is 128 Å². The molecule has 0 spiro atoms. The summed E-state index contributed by atoms with van der Waals surface area (Å²) in [6.45, 7) is 5.04. The van der Waals surface area contributed by atoms with Crippen LogP contribution in [0.1, 0.15) is 36.3 Å². The van der Waals surface area contributed by atoms with Crippen LogP contribution in [0.5, 0.6) is 0 Å². The summed E-state index contributed by atoms with van der Waals surface area (Å²) >= 11 is 13.1. The Balaban J connectivity index is 2.18. The van der Waals surface area contributed by atoms with E-state index in [0.717, 1.165) is 11.3 Å². The molecule has 1 amide bonds. The van der Waals surface area contributed by atoms with E-state index >= 15 is 0 Å². The average Bonchev–Trinajstić information content (AvgIpc) is 2.86. The minimum atomic E-state index is -0.976. The molecule has 1 aliphatic rings. The van der Waals surface area contributed by atoms with Gasteiger partial charge in [-0.25, -0.2) is 0 Å². The van der Waals surface area contributed by atoms with Crippen molar-refractivity contribution in [3.63, 3.8) is 0 Å². The Kier molecular flexibility index (Phi) is 5.04. The van der Waals surface area contributed by atoms with Gasteiger partial charge in [0.2, 0.25) is 0 Å². The van der Waals surface area contributed by atoms with E-state index in [9.17, 15) is 4.79 Å². The third-order valence-electron chi connectivity index (χ3n) is 3.25. The van der Waals surface area contributed by atoms with Crippen LogP contribution in [0.2, 0.25) is 0 Å². The maximum atomic E-state index is 12.0. The molecule has 0 N–H and O–H groups in total. The van der Waals surface area contributed by atoms with Crippen LogP contribution in [0.15, 0.2) is 24.3 Å². The molecular formula is C14H17Cl2NOS. The minimum absolute atomic E-state index is 0.0358. The van der Waals surface area contributed by atoms with Crippen LogP contribution in [-0.2, 0) is 4.79 Å². The third kappa shape index (κ3) is 3.39. The quantitative estimate of drug-likeness (QED) is 0.779. The van der Waals surface area contributed by atoms with Crippen molar-refractivity contribution in [2.24, 2.45) is 0 Å². The third-order valence-corrected chi connectivity index (χ3v) is 4.88. The molecule has 1 atom stereocenters. The van der Waals surface area contributed by atoms with E-state index in [2.05, 4.69) is 38.1 Å². The number of carbonyl (C=O) groups excluding carboxylic acids is 1. The van der Waals surface area contributed by atoms with E-state index in [0.29, 0.717) is 12.5 Å². The monoisotopic (exact) mass is 317 g/mol. The molecule has 5 heteroatoms. The number of hydrogen-bond donors (Lipinski definition) is 0. The second-order valence-electron chi connectivity index (χ2n) is 4.88. The molecule has 1 saturated heterocycles. The Hall–Kier alpha value is -0.380. The lowest BCUT2D eigenvalue weighted by atomic mass is 10.0. The van der Waals surface area contributed by atoms with Gasteiger partial charge >= 0.3 is 0 Å². The molecule has 1 aromatic rings. The second-order valence-corrected chi connectivity index (χ2v) is 7.16. The van der Waals surface area contributed by atoms with Crippen molar-refractivity contribution in [3.05, 3.63) is 35.4 Å². The van der Waals surface area contributed by atoms with Gasteiger partial charge in [-0.3, -0.25) is 4.79 Å². The molecule has 1 aliphatic heterocycles. The molecule has 2 rings (SSSR count). The lowest BCUT2D eigenvalue weighted by molar-refractivity contribution is -0.129. The van der Waals surface area contributed by atoms with Gasteiger partial charge in [0, 0.05) is 12.3 Å². The predicted molar refractivity (Wildman–Crippen MR) is 82.9 cm³/mol. The van der Waals surface area contributed by atoms with E-state index in [-0.39, 0.29) is 11.3 Å². The lowest BCUT2D eigenvalue weighted by Crippen LogP contribution is -2.34. The summed E-state index contributed by atoms with van der Waals surface area (Å²) in [7, 11) is 0. The molecule has 1 aromatic carbocycles. The molecular weight excluding hydrogens is 301 g/mol. The maximum absolute atomic E-state index is 12.0. The zero-order chi connectivity index (χ0) is 14.0. The Morgan fingerprint density at radius 3 is 2.47 bits per heavy atom. The maximum Gasteiger partial charge on any atom is 0.257 e. The summed E-state index contributed by atoms with van der Waals surface area (Å²) in [5.74, 6) is 1.23. The van der Waals surface area contributed by atoms with E-state index in [1.165, 1.54) is 5.56 Å². The van der Waals surface area contributed by atoms with E-state index < -0.39 is 4.84 Å². The number of carbonyl (C=O) groups is 1. The summed E-state index contributed by atoms with van der Waals surface area (Å²) in [6.07, 6.45) is 0. The van der Waals surface area contributed by atoms with Crippen molar-refractivity contribution >= 4 is 40.9 Å². The van der Waals surface area contributed by atoms with Crippen molar-refractivity contribution in [1.82, 2.24) is 4.90 Å². The minimum Gasteiger partial charge on any atom is -0.323 e. The largest absolute Gasteiger partial charge is 0.323 e. The fourth-order valence-corrected chi connectivity index (χ4v) is 3.66. The molecule has 104 valence electrons. The zero-order valence-corrected chi connectivity index (χ0v) is 13.3. The first kappa shape index (κ1) is 15.0. The van der Waals surface area contributed by atoms with E-state index in [4.69, 9.17) is 23.2 Å². The number of thioether (sulfide) groups is 1. The highest BCUT2D eigenvalue weighted by Crippen LogP contribution is 2.39. The molecule has 0 aliphatic carbocycles. The van der Waals surface area contributed by atoms with Gasteiger partial charge in [0.25, 0.3) is 5.91 Å². The highest BCUT2D eigenvalue weighted by molar-refractivity contribution is 7.99. The predicted octanol–water partition coefficient (Wildman–Crippen LogP) is 4.19. The number of benzene rings is 1. The molecule has 1 heterocycles. The fraction of sp³-hybridized carbons (Fsp3) is 0.500. The van der Waals surface area contributed by atoms with Gasteiger partial charge in [0.05, 0.1) is 0 Å². The summed E-state index contributed by atoms with van der Waals surface area (Å²) in [5, 5.41) is 0.0358. The molecule has 0 saturated carbocycles. The lowest BCUT2D eigenvalue weighted by Gasteiger charge is -2.24. The number of alkyl halides is 2. The first-order valence-corrected chi connectivity index (χ1v) is 8.23. The average molecular weight is 318 g/mol. The first-order chi connectivity index (χ1) is 9.00. The summed E-state index contributed by atoms with van der Waals surface area (Å²) in [6, 6.07) is 8.44. The number of hydrogen-bond acceptors (Lipinski definition) is 2. The van der Waals surface area contributed by atoms with Gasteiger partial charge in [0.1, 0.15) is 5.37 Å². The number of nitrogens with zero attached hydrogens (tertiary/aromatic N) is 1. The molecule has 1 unspecified atom stereocenters. The van der Waals surface area contributed by atoms with Crippen LogP contribution < -0.4 is 0 Å². The van der Waals surface area contributed by atoms with Crippen molar-refractivity contribution in [2.45, 2.75) is 30.0 Å². The Bertz CT molecular complexity index is 447. The van der Waals surface area contributed by atoms with Crippen molar-refractivity contribution in [3.8, 4) is 0 Å². The van der Waals surface area contributed by atoms with Gasteiger partial charge in [-0.05, 0) is 17.0 Å². The topological polar surface area (TPSA) is 20.3 Å². The van der Waals surface area contributed by atoms with Crippen LogP contribution in [0.3, 0.4) is 0 Å². The SMILES string of the molecule is CC(C)c1ccc(C2SCCN2C(=O)C(Cl)Cl)cc1. The summed E-state index contributed by atoms with van der Waals surface area (Å²) in [5.41, 5.74) is 2.44. The molecule has 2 nitrogen and oxygen atoms in total.